The van der Waals surface area contributed by atoms with Gasteiger partial charge in [-0.15, -0.1) is 0 Å². The van der Waals surface area contributed by atoms with E-state index in [1.165, 1.54) is 12.1 Å². The lowest BCUT2D eigenvalue weighted by molar-refractivity contribution is -0.131. The number of hydrogen-bond donors (Lipinski definition) is 2. The van der Waals surface area contributed by atoms with Crippen LogP contribution >= 0.6 is 12.2 Å². The quantitative estimate of drug-likeness (QED) is 0.820. The van der Waals surface area contributed by atoms with Crippen LogP contribution in [-0.4, -0.2) is 16.9 Å². The summed E-state index contributed by atoms with van der Waals surface area (Å²) in [5, 5.41) is 2.97. The molecule has 0 aromatic heterocycles. The molecule has 1 saturated carbocycles. The minimum Gasteiger partial charge on any atom is -0.392 e. The van der Waals surface area contributed by atoms with Crippen LogP contribution in [-0.2, 0) is 11.2 Å². The molecule has 0 spiro atoms. The fraction of sp³-hybridized carbons (Fsp3) is 0.467. The van der Waals surface area contributed by atoms with Crippen molar-refractivity contribution in [2.75, 3.05) is 0 Å². The Labute approximate surface area is 123 Å². The fourth-order valence-corrected chi connectivity index (χ4v) is 2.80. The van der Waals surface area contributed by atoms with Crippen LogP contribution in [0, 0.1) is 11.2 Å². The highest BCUT2D eigenvalue weighted by molar-refractivity contribution is 7.80. The molecule has 3 nitrogen and oxygen atoms in total. The molecule has 1 aromatic carbocycles. The smallest absolute Gasteiger partial charge is 0.233 e. The first-order valence-electron chi connectivity index (χ1n) is 6.79. The summed E-state index contributed by atoms with van der Waals surface area (Å²) >= 11 is 5.03. The Balaban J connectivity index is 1.94. The van der Waals surface area contributed by atoms with E-state index in [1.807, 2.05) is 6.92 Å². The number of amides is 1. The Hall–Kier alpha value is -1.49. The number of carbonyl (C=O) groups is 1. The maximum atomic E-state index is 12.8. The number of hydrogen-bond acceptors (Lipinski definition) is 2. The summed E-state index contributed by atoms with van der Waals surface area (Å²) in [6.07, 6.45) is 3.10. The zero-order valence-electron chi connectivity index (χ0n) is 11.5. The Kier molecular flexibility index (Phi) is 4.38. The van der Waals surface area contributed by atoms with Crippen LogP contribution in [0.15, 0.2) is 24.3 Å². The number of benzene rings is 1. The van der Waals surface area contributed by atoms with Gasteiger partial charge in [-0.2, -0.15) is 0 Å². The van der Waals surface area contributed by atoms with E-state index in [0.29, 0.717) is 6.42 Å². The second kappa shape index (κ2) is 5.87. The van der Waals surface area contributed by atoms with Gasteiger partial charge in [0.05, 0.1) is 10.4 Å². The summed E-state index contributed by atoms with van der Waals surface area (Å²) in [5.74, 6) is -0.335. The number of carbonyl (C=O) groups excluding carboxylic acids is 1. The highest BCUT2D eigenvalue weighted by Gasteiger charge is 2.47. The van der Waals surface area contributed by atoms with Crippen LogP contribution in [0.3, 0.4) is 0 Å². The monoisotopic (exact) mass is 294 g/mol. The van der Waals surface area contributed by atoms with Crippen LogP contribution in [0.5, 0.6) is 0 Å². The van der Waals surface area contributed by atoms with E-state index in [0.717, 1.165) is 24.8 Å². The van der Waals surface area contributed by atoms with Crippen molar-refractivity contribution in [1.29, 1.82) is 0 Å². The molecule has 20 heavy (non-hydrogen) atoms. The molecule has 0 aliphatic heterocycles. The largest absolute Gasteiger partial charge is 0.392 e. The minimum atomic E-state index is -0.646. The van der Waals surface area contributed by atoms with E-state index in [1.54, 1.807) is 12.1 Å². The molecule has 108 valence electrons. The summed E-state index contributed by atoms with van der Waals surface area (Å²) in [4.78, 5) is 12.6. The summed E-state index contributed by atoms with van der Waals surface area (Å²) in [6.45, 7) is 1.92. The van der Waals surface area contributed by atoms with Crippen LogP contribution < -0.4 is 11.1 Å². The topological polar surface area (TPSA) is 55.1 Å². The Morgan fingerprint density at radius 2 is 2.05 bits per heavy atom. The number of halogens is 1. The van der Waals surface area contributed by atoms with E-state index < -0.39 is 5.41 Å². The van der Waals surface area contributed by atoms with Gasteiger partial charge in [0, 0.05) is 6.04 Å². The third-order valence-electron chi connectivity index (χ3n) is 3.95. The number of nitrogens with two attached hydrogens (primary N) is 1. The lowest BCUT2D eigenvalue weighted by Gasteiger charge is -2.39. The van der Waals surface area contributed by atoms with Gasteiger partial charge in [-0.3, -0.25) is 4.79 Å². The van der Waals surface area contributed by atoms with Crippen LogP contribution in [0.2, 0.25) is 0 Å². The molecule has 1 fully saturated rings. The Bertz CT molecular complexity index is 511. The van der Waals surface area contributed by atoms with Crippen molar-refractivity contribution in [3.8, 4) is 0 Å². The summed E-state index contributed by atoms with van der Waals surface area (Å²) < 4.78 is 12.8. The van der Waals surface area contributed by atoms with Crippen molar-refractivity contribution in [2.45, 2.75) is 38.6 Å². The first-order chi connectivity index (χ1) is 9.44. The van der Waals surface area contributed by atoms with Crippen LogP contribution in [0.1, 0.15) is 31.7 Å². The van der Waals surface area contributed by atoms with Gasteiger partial charge in [-0.05, 0) is 43.9 Å². The zero-order chi connectivity index (χ0) is 14.8. The number of rotatable bonds is 5. The average molecular weight is 294 g/mol. The first kappa shape index (κ1) is 14.9. The number of nitrogens with one attached hydrogen (secondary N) is 1. The highest BCUT2D eigenvalue weighted by atomic mass is 32.1. The van der Waals surface area contributed by atoms with E-state index >= 15 is 0 Å². The normalized spacial score (nSPS) is 17.9. The van der Waals surface area contributed by atoms with Gasteiger partial charge >= 0.3 is 0 Å². The fourth-order valence-electron chi connectivity index (χ4n) is 2.50. The van der Waals surface area contributed by atoms with Gasteiger partial charge in [0.25, 0.3) is 0 Å². The van der Waals surface area contributed by atoms with Crippen molar-refractivity contribution >= 4 is 23.1 Å². The predicted molar refractivity (Wildman–Crippen MR) is 80.8 cm³/mol. The molecule has 0 radical (unpaired) electrons. The lowest BCUT2D eigenvalue weighted by atomic mass is 9.68. The lowest BCUT2D eigenvalue weighted by Crippen LogP contribution is -2.55. The maximum Gasteiger partial charge on any atom is 0.233 e. The first-order valence-corrected chi connectivity index (χ1v) is 7.20. The Morgan fingerprint density at radius 3 is 2.50 bits per heavy atom. The standard InChI is InChI=1S/C15H19FN2OS/c1-10(9-11-3-5-12(16)6-4-11)18-14(19)15(13(17)20)7-2-8-15/h3-6,10H,2,7-9H2,1H3,(H2,17,20)(H,18,19). The van der Waals surface area contributed by atoms with Gasteiger partial charge in [0.2, 0.25) is 5.91 Å². The molecular formula is C15H19FN2OS. The van der Waals surface area contributed by atoms with Gasteiger partial charge in [0.15, 0.2) is 0 Å². The summed E-state index contributed by atoms with van der Waals surface area (Å²) in [6, 6.07) is 6.26. The zero-order valence-corrected chi connectivity index (χ0v) is 12.3. The average Bonchev–Trinajstić information content (AvgIpc) is 2.29. The van der Waals surface area contributed by atoms with Gasteiger partial charge in [0.1, 0.15) is 5.82 Å². The highest BCUT2D eigenvalue weighted by Crippen LogP contribution is 2.41. The molecule has 1 atom stereocenters. The van der Waals surface area contributed by atoms with Crippen molar-refractivity contribution in [2.24, 2.45) is 11.1 Å². The molecule has 5 heteroatoms. The van der Waals surface area contributed by atoms with Gasteiger partial charge in [-0.25, -0.2) is 4.39 Å². The number of thiocarbonyl (C=S) groups is 1. The maximum absolute atomic E-state index is 12.8. The third-order valence-corrected chi connectivity index (χ3v) is 4.34. The third kappa shape index (κ3) is 2.98. The van der Waals surface area contributed by atoms with Crippen molar-refractivity contribution in [1.82, 2.24) is 5.32 Å². The molecule has 3 N–H and O–H groups in total. The minimum absolute atomic E-state index is 0.0419. The van der Waals surface area contributed by atoms with Crippen LogP contribution in [0.4, 0.5) is 4.39 Å². The second-order valence-corrected chi connectivity index (χ2v) is 5.94. The SMILES string of the molecule is CC(Cc1ccc(F)cc1)NC(=O)C1(C(N)=S)CCC1. The molecule has 0 saturated heterocycles. The van der Waals surface area contributed by atoms with Gasteiger partial charge in [-0.1, -0.05) is 30.8 Å². The van der Waals surface area contributed by atoms with Gasteiger partial charge < -0.3 is 11.1 Å². The molecule has 2 rings (SSSR count). The van der Waals surface area contributed by atoms with Crippen molar-refractivity contribution in [3.05, 3.63) is 35.6 Å². The summed E-state index contributed by atoms with van der Waals surface area (Å²) in [5.41, 5.74) is 6.04. The molecule has 1 aliphatic carbocycles. The second-order valence-electron chi connectivity index (χ2n) is 5.51. The van der Waals surface area contributed by atoms with E-state index in [9.17, 15) is 9.18 Å². The summed E-state index contributed by atoms with van der Waals surface area (Å²) in [7, 11) is 0. The van der Waals surface area contributed by atoms with E-state index in [2.05, 4.69) is 5.32 Å². The van der Waals surface area contributed by atoms with Crippen molar-refractivity contribution in [3.63, 3.8) is 0 Å². The van der Waals surface area contributed by atoms with Crippen LogP contribution in [0.25, 0.3) is 0 Å². The van der Waals surface area contributed by atoms with Crippen molar-refractivity contribution < 1.29 is 9.18 Å². The molecule has 0 heterocycles. The molecule has 1 aliphatic rings. The molecule has 0 bridgehead atoms. The molecule has 1 amide bonds. The molecule has 1 unspecified atom stereocenters. The van der Waals surface area contributed by atoms with E-state index in [-0.39, 0.29) is 22.8 Å². The predicted octanol–water partition coefficient (Wildman–Crippen LogP) is 2.33. The van der Waals surface area contributed by atoms with E-state index in [4.69, 9.17) is 18.0 Å². The Morgan fingerprint density at radius 1 is 1.45 bits per heavy atom. The molecule has 1 aromatic rings. The molecular weight excluding hydrogens is 275 g/mol.